The van der Waals surface area contributed by atoms with Gasteiger partial charge in [-0.05, 0) is 6.92 Å². The summed E-state index contributed by atoms with van der Waals surface area (Å²) >= 11 is 0. The van der Waals surface area contributed by atoms with Crippen molar-refractivity contribution >= 4 is 0 Å². The van der Waals surface area contributed by atoms with Gasteiger partial charge in [0.25, 0.3) is 0 Å². The average molecular weight is 142 g/mol. The van der Waals surface area contributed by atoms with E-state index in [2.05, 4.69) is 10.2 Å². The summed E-state index contributed by atoms with van der Waals surface area (Å²) in [4.78, 5) is 0. The lowest BCUT2D eigenvalue weighted by Crippen LogP contribution is -1.96. The fourth-order valence-corrected chi connectivity index (χ4v) is 0.529. The molecule has 0 spiro atoms. The topological polar surface area (TPSA) is 35.0 Å². The molecule has 0 atom stereocenters. The van der Waals surface area contributed by atoms with Crippen molar-refractivity contribution in [2.75, 3.05) is 6.61 Å². The smallest absolute Gasteiger partial charge is 0.233 e. The van der Waals surface area contributed by atoms with Crippen LogP contribution in [-0.4, -0.2) is 16.8 Å². The third kappa shape index (κ3) is 1.65. The van der Waals surface area contributed by atoms with Crippen LogP contribution in [0.1, 0.15) is 6.92 Å². The summed E-state index contributed by atoms with van der Waals surface area (Å²) in [6.07, 6.45) is 0. The number of nitrogens with zero attached hydrogens (tertiary/aromatic N) is 2. The first-order valence-corrected chi connectivity index (χ1v) is 2.95. The van der Waals surface area contributed by atoms with Crippen LogP contribution in [0, 0.1) is 5.95 Å². The molecule has 4 heteroatoms. The summed E-state index contributed by atoms with van der Waals surface area (Å²) in [5.41, 5.74) is 0. The molecule has 1 aromatic rings. The van der Waals surface area contributed by atoms with Crippen molar-refractivity contribution in [1.29, 1.82) is 0 Å². The van der Waals surface area contributed by atoms with Gasteiger partial charge in [-0.3, -0.25) is 0 Å². The van der Waals surface area contributed by atoms with E-state index < -0.39 is 5.95 Å². The van der Waals surface area contributed by atoms with Gasteiger partial charge in [-0.2, -0.15) is 4.39 Å². The molecule has 0 fully saturated rings. The Morgan fingerprint density at radius 1 is 1.50 bits per heavy atom. The van der Waals surface area contributed by atoms with E-state index in [1.807, 2.05) is 6.92 Å². The zero-order valence-corrected chi connectivity index (χ0v) is 5.54. The van der Waals surface area contributed by atoms with Crippen LogP contribution in [0.4, 0.5) is 4.39 Å². The summed E-state index contributed by atoms with van der Waals surface area (Å²) in [5, 5.41) is 6.58. The summed E-state index contributed by atoms with van der Waals surface area (Å²) in [7, 11) is 0. The number of hydrogen-bond donors (Lipinski definition) is 0. The van der Waals surface area contributed by atoms with Gasteiger partial charge in [0.1, 0.15) is 0 Å². The van der Waals surface area contributed by atoms with Gasteiger partial charge in [-0.25, -0.2) is 0 Å². The Morgan fingerprint density at radius 3 is 2.80 bits per heavy atom. The molecule has 54 valence electrons. The van der Waals surface area contributed by atoms with E-state index in [1.54, 1.807) is 0 Å². The molecule has 0 aromatic carbocycles. The summed E-state index contributed by atoms with van der Waals surface area (Å²) < 4.78 is 17.0. The molecule has 0 saturated carbocycles. The van der Waals surface area contributed by atoms with E-state index in [9.17, 15) is 4.39 Å². The number of rotatable bonds is 2. The largest absolute Gasteiger partial charge is 0.477 e. The number of halogens is 1. The van der Waals surface area contributed by atoms with Crippen LogP contribution >= 0.6 is 0 Å². The molecule has 10 heavy (non-hydrogen) atoms. The first kappa shape index (κ1) is 6.92. The van der Waals surface area contributed by atoms with Crippen molar-refractivity contribution in [3.05, 3.63) is 18.1 Å². The van der Waals surface area contributed by atoms with E-state index in [0.29, 0.717) is 12.5 Å². The van der Waals surface area contributed by atoms with Gasteiger partial charge in [0, 0.05) is 12.1 Å². The van der Waals surface area contributed by atoms with Crippen molar-refractivity contribution < 1.29 is 9.13 Å². The molecule has 0 saturated heterocycles. The molecule has 1 rings (SSSR count). The summed E-state index contributed by atoms with van der Waals surface area (Å²) in [5.74, 6) is -0.243. The second kappa shape index (κ2) is 3.10. The Morgan fingerprint density at radius 2 is 2.30 bits per heavy atom. The standard InChI is InChI=1S/C6H7FN2O/c1-2-10-6-4-3-5(7)8-9-6/h3-4H,2H2,1H3. The predicted octanol–water partition coefficient (Wildman–Crippen LogP) is 1.01. The zero-order valence-electron chi connectivity index (χ0n) is 5.54. The molecule has 1 heterocycles. The van der Waals surface area contributed by atoms with E-state index in [4.69, 9.17) is 4.74 Å². The first-order valence-electron chi connectivity index (χ1n) is 2.95. The lowest BCUT2D eigenvalue weighted by Gasteiger charge is -1.97. The van der Waals surface area contributed by atoms with Crippen LogP contribution in [0.2, 0.25) is 0 Å². The van der Waals surface area contributed by atoms with Crippen LogP contribution in [0.3, 0.4) is 0 Å². The van der Waals surface area contributed by atoms with Crippen molar-refractivity contribution in [3.63, 3.8) is 0 Å². The lowest BCUT2D eigenvalue weighted by molar-refractivity contribution is 0.319. The maximum absolute atomic E-state index is 12.1. The van der Waals surface area contributed by atoms with E-state index in [-0.39, 0.29) is 0 Å². The highest BCUT2D eigenvalue weighted by Crippen LogP contribution is 2.02. The molecule has 0 bridgehead atoms. The van der Waals surface area contributed by atoms with Crippen molar-refractivity contribution in [2.45, 2.75) is 6.92 Å². The van der Waals surface area contributed by atoms with Crippen molar-refractivity contribution in [1.82, 2.24) is 10.2 Å². The molecule has 0 amide bonds. The predicted molar refractivity (Wildman–Crippen MR) is 33.2 cm³/mol. The van der Waals surface area contributed by atoms with Crippen LogP contribution < -0.4 is 4.74 Å². The third-order valence-corrected chi connectivity index (χ3v) is 0.900. The second-order valence-corrected chi connectivity index (χ2v) is 1.63. The van der Waals surface area contributed by atoms with Gasteiger partial charge in [0.2, 0.25) is 11.8 Å². The minimum absolute atomic E-state index is 0.351. The molecule has 0 radical (unpaired) electrons. The average Bonchev–Trinajstić information content (AvgIpc) is 1.95. The fourth-order valence-electron chi connectivity index (χ4n) is 0.529. The van der Waals surface area contributed by atoms with Crippen LogP contribution in [0.5, 0.6) is 5.88 Å². The van der Waals surface area contributed by atoms with Crippen LogP contribution in [0.15, 0.2) is 12.1 Å². The van der Waals surface area contributed by atoms with Gasteiger partial charge in [0.15, 0.2) is 0 Å². The van der Waals surface area contributed by atoms with Gasteiger partial charge in [-0.1, -0.05) is 0 Å². The van der Waals surface area contributed by atoms with Crippen molar-refractivity contribution in [2.24, 2.45) is 0 Å². The molecular weight excluding hydrogens is 135 g/mol. The highest BCUT2D eigenvalue weighted by molar-refractivity contribution is 5.05. The highest BCUT2D eigenvalue weighted by atomic mass is 19.1. The number of hydrogen-bond acceptors (Lipinski definition) is 3. The minimum Gasteiger partial charge on any atom is -0.477 e. The van der Waals surface area contributed by atoms with Crippen molar-refractivity contribution in [3.8, 4) is 5.88 Å². The first-order chi connectivity index (χ1) is 4.83. The quantitative estimate of drug-likeness (QED) is 0.618. The molecular formula is C6H7FN2O. The van der Waals surface area contributed by atoms with Gasteiger partial charge in [-0.15, -0.1) is 10.2 Å². The maximum Gasteiger partial charge on any atom is 0.233 e. The molecule has 0 aliphatic carbocycles. The maximum atomic E-state index is 12.1. The zero-order chi connectivity index (χ0) is 7.40. The third-order valence-electron chi connectivity index (χ3n) is 0.900. The number of aromatic nitrogens is 2. The Balaban J connectivity index is 2.69. The second-order valence-electron chi connectivity index (χ2n) is 1.63. The molecule has 0 N–H and O–H groups in total. The SMILES string of the molecule is CCOc1ccc(F)nn1. The van der Waals surface area contributed by atoms with E-state index >= 15 is 0 Å². The van der Waals surface area contributed by atoms with E-state index in [0.717, 1.165) is 0 Å². The Labute approximate surface area is 57.8 Å². The Kier molecular flexibility index (Phi) is 2.15. The molecule has 3 nitrogen and oxygen atoms in total. The Hall–Kier alpha value is -1.19. The minimum atomic E-state index is -0.594. The van der Waals surface area contributed by atoms with E-state index in [1.165, 1.54) is 12.1 Å². The summed E-state index contributed by atoms with van der Waals surface area (Å²) in [6.45, 7) is 2.34. The number of ether oxygens (including phenoxy) is 1. The molecule has 1 aromatic heterocycles. The van der Waals surface area contributed by atoms with Gasteiger partial charge < -0.3 is 4.74 Å². The molecule has 0 unspecified atom stereocenters. The molecule has 0 aliphatic heterocycles. The molecule has 0 aliphatic rings. The van der Waals surface area contributed by atoms with Crippen LogP contribution in [-0.2, 0) is 0 Å². The van der Waals surface area contributed by atoms with Gasteiger partial charge >= 0.3 is 0 Å². The highest BCUT2D eigenvalue weighted by Gasteiger charge is 1.93. The summed E-state index contributed by atoms with van der Waals surface area (Å²) in [6, 6.07) is 2.64. The van der Waals surface area contributed by atoms with Crippen LogP contribution in [0.25, 0.3) is 0 Å². The van der Waals surface area contributed by atoms with Gasteiger partial charge in [0.05, 0.1) is 6.61 Å². The monoisotopic (exact) mass is 142 g/mol. The normalized spacial score (nSPS) is 9.40. The lowest BCUT2D eigenvalue weighted by atomic mass is 10.5. The fraction of sp³-hybridized carbons (Fsp3) is 0.333. The Bertz CT molecular complexity index is 199.